The molecule has 2 heterocycles. The quantitative estimate of drug-likeness (QED) is 0.764. The van der Waals surface area contributed by atoms with Crippen LogP contribution in [0.15, 0.2) is 26.8 Å². The molecule has 2 aromatic rings. The molecule has 7 heteroatoms. The van der Waals surface area contributed by atoms with Crippen LogP contribution >= 0.6 is 23.4 Å². The Morgan fingerprint density at radius 2 is 2.25 bits per heavy atom. The average molecular weight is 253 g/mol. The summed E-state index contributed by atoms with van der Waals surface area (Å²) in [4.78, 5) is 4.04. The van der Waals surface area contributed by atoms with E-state index in [0.29, 0.717) is 21.7 Å². The second-order valence-electron chi connectivity index (χ2n) is 2.82. The fraction of sp³-hybridized carbons (Fsp3) is 0.111. The third-order valence-corrected chi connectivity index (χ3v) is 2.55. The average Bonchev–Trinajstić information content (AvgIpc) is 2.63. The Bertz CT molecular complexity index is 563. The summed E-state index contributed by atoms with van der Waals surface area (Å²) in [7, 11) is 0. The third kappa shape index (κ3) is 2.51. The summed E-state index contributed by atoms with van der Waals surface area (Å²) in [5, 5.41) is 17.4. The van der Waals surface area contributed by atoms with Crippen molar-refractivity contribution in [3.8, 4) is 6.07 Å². The molecule has 0 N–H and O–H groups in total. The number of rotatable bonds is 2. The Morgan fingerprint density at radius 1 is 1.44 bits per heavy atom. The number of hydrogen-bond acceptors (Lipinski definition) is 6. The predicted octanol–water partition coefficient (Wildman–Crippen LogP) is 2.45. The zero-order valence-electron chi connectivity index (χ0n) is 8.14. The second-order valence-corrected chi connectivity index (χ2v) is 4.18. The number of halogens is 1. The van der Waals surface area contributed by atoms with Crippen LogP contribution in [0.25, 0.3) is 0 Å². The first kappa shape index (κ1) is 10.9. The smallest absolute Gasteiger partial charge is 0.282 e. The summed E-state index contributed by atoms with van der Waals surface area (Å²) in [5.41, 5.74) is 0.443. The van der Waals surface area contributed by atoms with Crippen molar-refractivity contribution in [3.05, 3.63) is 28.7 Å². The lowest BCUT2D eigenvalue weighted by Crippen LogP contribution is -1.84. The van der Waals surface area contributed by atoms with Gasteiger partial charge in [0.2, 0.25) is 5.89 Å². The summed E-state index contributed by atoms with van der Waals surface area (Å²) in [6.45, 7) is 1.70. The van der Waals surface area contributed by atoms with Gasteiger partial charge in [-0.1, -0.05) is 11.6 Å². The van der Waals surface area contributed by atoms with E-state index in [0.717, 1.165) is 0 Å². The van der Waals surface area contributed by atoms with E-state index < -0.39 is 0 Å². The van der Waals surface area contributed by atoms with Gasteiger partial charge in [0.1, 0.15) is 10.2 Å². The van der Waals surface area contributed by atoms with Crippen LogP contribution in [0.4, 0.5) is 0 Å². The Kier molecular flexibility index (Phi) is 3.08. The Labute approximate surface area is 100 Å². The van der Waals surface area contributed by atoms with Crippen LogP contribution in [0.2, 0.25) is 5.15 Å². The highest BCUT2D eigenvalue weighted by Gasteiger charge is 2.08. The molecule has 0 aromatic carbocycles. The molecule has 0 spiro atoms. The molecule has 0 aliphatic carbocycles. The molecule has 5 nitrogen and oxygen atoms in total. The van der Waals surface area contributed by atoms with Gasteiger partial charge in [-0.15, -0.1) is 10.2 Å². The van der Waals surface area contributed by atoms with Gasteiger partial charge in [-0.05, 0) is 23.9 Å². The number of nitriles is 1. The van der Waals surface area contributed by atoms with Crippen LogP contribution in [-0.2, 0) is 0 Å². The first-order valence-electron chi connectivity index (χ1n) is 4.23. The molecule has 0 aliphatic heterocycles. The first-order valence-corrected chi connectivity index (χ1v) is 5.42. The van der Waals surface area contributed by atoms with Gasteiger partial charge in [0.05, 0.1) is 11.6 Å². The van der Waals surface area contributed by atoms with Crippen molar-refractivity contribution in [1.29, 1.82) is 5.26 Å². The predicted molar refractivity (Wildman–Crippen MR) is 57.1 cm³/mol. The minimum absolute atomic E-state index is 0.262. The minimum atomic E-state index is 0.262. The third-order valence-electron chi connectivity index (χ3n) is 1.60. The minimum Gasteiger partial charge on any atom is -0.416 e. The first-order chi connectivity index (χ1) is 7.67. The molecular weight excluding hydrogens is 248 g/mol. The van der Waals surface area contributed by atoms with E-state index in [2.05, 4.69) is 15.2 Å². The fourth-order valence-electron chi connectivity index (χ4n) is 0.999. The largest absolute Gasteiger partial charge is 0.416 e. The van der Waals surface area contributed by atoms with E-state index >= 15 is 0 Å². The number of aromatic nitrogens is 3. The standard InChI is InChI=1S/C9H5ClN4OS/c1-5-13-14-9(15-5)16-8-3-6(4-11)2-7(10)12-8/h2-3H,1H3. The van der Waals surface area contributed by atoms with Gasteiger partial charge >= 0.3 is 0 Å². The van der Waals surface area contributed by atoms with E-state index in [1.54, 1.807) is 13.0 Å². The molecule has 0 aliphatic rings. The lowest BCUT2D eigenvalue weighted by atomic mass is 10.3. The van der Waals surface area contributed by atoms with Crippen molar-refractivity contribution in [2.75, 3.05) is 0 Å². The molecule has 0 bridgehead atoms. The summed E-state index contributed by atoms with van der Waals surface area (Å²) < 4.78 is 5.18. The number of pyridine rings is 1. The van der Waals surface area contributed by atoms with Gasteiger partial charge in [-0.3, -0.25) is 0 Å². The van der Waals surface area contributed by atoms with Crippen molar-refractivity contribution in [2.24, 2.45) is 0 Å². The zero-order valence-corrected chi connectivity index (χ0v) is 9.71. The van der Waals surface area contributed by atoms with Gasteiger partial charge in [-0.2, -0.15) is 5.26 Å². The molecule has 0 unspecified atom stereocenters. The van der Waals surface area contributed by atoms with Crippen LogP contribution in [-0.4, -0.2) is 15.2 Å². The van der Waals surface area contributed by atoms with E-state index in [1.807, 2.05) is 6.07 Å². The van der Waals surface area contributed by atoms with Crippen molar-refractivity contribution >= 4 is 23.4 Å². The highest BCUT2D eigenvalue weighted by Crippen LogP contribution is 2.26. The van der Waals surface area contributed by atoms with Crippen LogP contribution < -0.4 is 0 Å². The number of hydrogen-bond donors (Lipinski definition) is 0. The summed E-state index contributed by atoms with van der Waals surface area (Å²) in [6.07, 6.45) is 0. The SMILES string of the molecule is Cc1nnc(Sc2cc(C#N)cc(Cl)n2)o1. The van der Waals surface area contributed by atoms with Gasteiger partial charge in [-0.25, -0.2) is 4.98 Å². The van der Waals surface area contributed by atoms with Crippen molar-refractivity contribution in [1.82, 2.24) is 15.2 Å². The Hall–Kier alpha value is -1.58. The summed E-state index contributed by atoms with van der Waals surface area (Å²) in [5.74, 6) is 0.477. The van der Waals surface area contributed by atoms with E-state index in [9.17, 15) is 0 Å². The Balaban J connectivity index is 2.28. The molecule has 80 valence electrons. The molecule has 0 saturated carbocycles. The van der Waals surface area contributed by atoms with E-state index in [1.165, 1.54) is 17.8 Å². The van der Waals surface area contributed by atoms with Crippen LogP contribution in [0.3, 0.4) is 0 Å². The number of aryl methyl sites for hydroxylation is 1. The molecule has 2 aromatic heterocycles. The monoisotopic (exact) mass is 252 g/mol. The molecule has 0 amide bonds. The highest BCUT2D eigenvalue weighted by molar-refractivity contribution is 7.99. The molecular formula is C9H5ClN4OS. The maximum Gasteiger partial charge on any atom is 0.282 e. The van der Waals surface area contributed by atoms with Crippen LogP contribution in [0.5, 0.6) is 0 Å². The van der Waals surface area contributed by atoms with Crippen LogP contribution in [0.1, 0.15) is 11.5 Å². The number of nitrogens with zero attached hydrogens (tertiary/aromatic N) is 4. The van der Waals surface area contributed by atoms with E-state index in [4.69, 9.17) is 21.3 Å². The molecule has 0 saturated heterocycles. The lowest BCUT2D eigenvalue weighted by molar-refractivity contribution is 0.429. The van der Waals surface area contributed by atoms with Crippen molar-refractivity contribution in [3.63, 3.8) is 0 Å². The van der Waals surface area contributed by atoms with Gasteiger partial charge in [0, 0.05) is 6.92 Å². The zero-order chi connectivity index (χ0) is 11.5. The maximum absolute atomic E-state index is 8.76. The van der Waals surface area contributed by atoms with Gasteiger partial charge in [0.25, 0.3) is 5.22 Å². The van der Waals surface area contributed by atoms with Crippen LogP contribution in [0, 0.1) is 18.3 Å². The summed E-state index contributed by atoms with van der Waals surface area (Å²) in [6, 6.07) is 5.09. The van der Waals surface area contributed by atoms with E-state index in [-0.39, 0.29) is 5.15 Å². The normalized spacial score (nSPS) is 10.1. The second kappa shape index (κ2) is 4.51. The fourth-order valence-corrected chi connectivity index (χ4v) is 2.01. The lowest BCUT2D eigenvalue weighted by Gasteiger charge is -1.97. The van der Waals surface area contributed by atoms with Gasteiger partial charge < -0.3 is 4.42 Å². The molecule has 0 fully saturated rings. The molecule has 0 radical (unpaired) electrons. The molecule has 2 rings (SSSR count). The Morgan fingerprint density at radius 3 is 2.88 bits per heavy atom. The van der Waals surface area contributed by atoms with Gasteiger partial charge in [0.15, 0.2) is 0 Å². The van der Waals surface area contributed by atoms with Crippen molar-refractivity contribution in [2.45, 2.75) is 17.2 Å². The maximum atomic E-state index is 8.76. The highest BCUT2D eigenvalue weighted by atomic mass is 35.5. The topological polar surface area (TPSA) is 75.6 Å². The summed E-state index contributed by atoms with van der Waals surface area (Å²) >= 11 is 6.92. The molecule has 16 heavy (non-hydrogen) atoms. The van der Waals surface area contributed by atoms with Crippen molar-refractivity contribution < 1.29 is 4.42 Å². The molecule has 0 atom stereocenters.